The Labute approximate surface area is 85.3 Å². The van der Waals surface area contributed by atoms with Crippen LogP contribution in [-0.4, -0.2) is 13.1 Å². The van der Waals surface area contributed by atoms with Crippen molar-refractivity contribution in [1.82, 2.24) is 5.32 Å². The third-order valence-electron chi connectivity index (χ3n) is 2.44. The van der Waals surface area contributed by atoms with Crippen molar-refractivity contribution < 1.29 is 4.39 Å². The van der Waals surface area contributed by atoms with Gasteiger partial charge in [0.1, 0.15) is 5.82 Å². The molecule has 0 amide bonds. The number of hydrogen-bond donors (Lipinski definition) is 1. The van der Waals surface area contributed by atoms with Crippen molar-refractivity contribution in [2.45, 2.75) is 26.2 Å². The van der Waals surface area contributed by atoms with Crippen LogP contribution in [0, 0.1) is 5.82 Å². The Morgan fingerprint density at radius 1 is 1.36 bits per heavy atom. The first-order valence-corrected chi connectivity index (χ1v) is 5.20. The summed E-state index contributed by atoms with van der Waals surface area (Å²) in [5, 5.41) is 3.25. The predicted molar refractivity (Wildman–Crippen MR) is 58.0 cm³/mol. The molecule has 0 saturated heterocycles. The Morgan fingerprint density at radius 2 is 2.07 bits per heavy atom. The van der Waals surface area contributed by atoms with Gasteiger partial charge in [-0.15, -0.1) is 0 Å². The van der Waals surface area contributed by atoms with Gasteiger partial charge in [0.25, 0.3) is 0 Å². The molecule has 1 N–H and O–H groups in total. The monoisotopic (exact) mass is 195 g/mol. The molecule has 1 unspecified atom stereocenters. The van der Waals surface area contributed by atoms with Crippen molar-refractivity contribution >= 4 is 0 Å². The van der Waals surface area contributed by atoms with Crippen LogP contribution in [0.2, 0.25) is 0 Å². The van der Waals surface area contributed by atoms with Crippen LogP contribution in [0.1, 0.15) is 31.7 Å². The minimum absolute atomic E-state index is 0.0866. The highest BCUT2D eigenvalue weighted by Gasteiger charge is 2.08. The van der Waals surface area contributed by atoms with Gasteiger partial charge < -0.3 is 5.32 Å². The summed E-state index contributed by atoms with van der Waals surface area (Å²) >= 11 is 0. The summed E-state index contributed by atoms with van der Waals surface area (Å²) in [4.78, 5) is 0. The van der Waals surface area contributed by atoms with Gasteiger partial charge in [0.15, 0.2) is 0 Å². The minimum atomic E-state index is -0.0866. The summed E-state index contributed by atoms with van der Waals surface area (Å²) in [5.41, 5.74) is 0.824. The average Bonchev–Trinajstić information content (AvgIpc) is 2.18. The van der Waals surface area contributed by atoms with E-state index in [-0.39, 0.29) is 11.7 Å². The molecule has 0 spiro atoms. The van der Waals surface area contributed by atoms with Crippen LogP contribution in [0.25, 0.3) is 0 Å². The zero-order valence-corrected chi connectivity index (χ0v) is 8.89. The van der Waals surface area contributed by atoms with Gasteiger partial charge >= 0.3 is 0 Å². The van der Waals surface area contributed by atoms with Crippen molar-refractivity contribution in [3.63, 3.8) is 0 Å². The van der Waals surface area contributed by atoms with Gasteiger partial charge in [-0.3, -0.25) is 0 Å². The fraction of sp³-hybridized carbons (Fsp3) is 0.500. The fourth-order valence-corrected chi connectivity index (χ4v) is 1.53. The highest BCUT2D eigenvalue weighted by atomic mass is 19.1. The normalized spacial score (nSPS) is 12.8. The van der Waals surface area contributed by atoms with Crippen molar-refractivity contribution in [1.29, 1.82) is 0 Å². The van der Waals surface area contributed by atoms with Gasteiger partial charge in [-0.05, 0) is 37.1 Å². The maximum atomic E-state index is 13.3. The van der Waals surface area contributed by atoms with E-state index in [1.54, 1.807) is 6.07 Å². The Kier molecular flexibility index (Phi) is 4.60. The quantitative estimate of drug-likeness (QED) is 0.712. The van der Waals surface area contributed by atoms with Crippen LogP contribution < -0.4 is 5.32 Å². The largest absolute Gasteiger partial charge is 0.317 e. The van der Waals surface area contributed by atoms with Crippen molar-refractivity contribution in [2.75, 3.05) is 13.1 Å². The third kappa shape index (κ3) is 3.11. The number of benzene rings is 1. The average molecular weight is 195 g/mol. The second-order valence-electron chi connectivity index (χ2n) is 3.56. The van der Waals surface area contributed by atoms with Gasteiger partial charge in [-0.25, -0.2) is 4.39 Å². The van der Waals surface area contributed by atoms with E-state index < -0.39 is 0 Å². The molecule has 1 nitrogen and oxygen atoms in total. The third-order valence-corrected chi connectivity index (χ3v) is 2.44. The van der Waals surface area contributed by atoms with Crippen molar-refractivity contribution in [2.24, 2.45) is 0 Å². The molecule has 14 heavy (non-hydrogen) atoms. The highest BCUT2D eigenvalue weighted by Crippen LogP contribution is 2.20. The van der Waals surface area contributed by atoms with E-state index in [1.807, 2.05) is 12.1 Å². The first-order valence-electron chi connectivity index (χ1n) is 5.20. The molecule has 0 aliphatic heterocycles. The number of halogens is 1. The highest BCUT2D eigenvalue weighted by molar-refractivity contribution is 5.20. The molecular formula is C12H18FN. The number of hydrogen-bond acceptors (Lipinski definition) is 1. The lowest BCUT2D eigenvalue weighted by atomic mass is 9.97. The lowest BCUT2D eigenvalue weighted by Crippen LogP contribution is -2.16. The molecular weight excluding hydrogens is 177 g/mol. The van der Waals surface area contributed by atoms with Crippen molar-refractivity contribution in [3.8, 4) is 0 Å². The van der Waals surface area contributed by atoms with Crippen LogP contribution in [0.3, 0.4) is 0 Å². The predicted octanol–water partition coefficient (Wildman–Crippen LogP) is 2.93. The lowest BCUT2D eigenvalue weighted by molar-refractivity contribution is 0.557. The van der Waals surface area contributed by atoms with Crippen molar-refractivity contribution in [3.05, 3.63) is 35.6 Å². The van der Waals surface area contributed by atoms with E-state index in [0.29, 0.717) is 0 Å². The fourth-order valence-electron chi connectivity index (χ4n) is 1.53. The van der Waals surface area contributed by atoms with Crippen LogP contribution in [0.15, 0.2) is 24.3 Å². The van der Waals surface area contributed by atoms with E-state index in [2.05, 4.69) is 19.2 Å². The summed E-state index contributed by atoms with van der Waals surface area (Å²) in [5.74, 6) is 0.201. The summed E-state index contributed by atoms with van der Waals surface area (Å²) in [6.45, 7) is 6.07. The summed E-state index contributed by atoms with van der Waals surface area (Å²) in [6, 6.07) is 7.02. The summed E-state index contributed by atoms with van der Waals surface area (Å²) in [6.07, 6.45) is 0.981. The second kappa shape index (κ2) is 5.76. The van der Waals surface area contributed by atoms with Crippen LogP contribution in [0.5, 0.6) is 0 Å². The van der Waals surface area contributed by atoms with E-state index in [4.69, 9.17) is 0 Å². The second-order valence-corrected chi connectivity index (χ2v) is 3.56. The smallest absolute Gasteiger partial charge is 0.126 e. The van der Waals surface area contributed by atoms with Crippen LogP contribution >= 0.6 is 0 Å². The molecule has 0 bridgehead atoms. The maximum absolute atomic E-state index is 13.3. The van der Waals surface area contributed by atoms with E-state index in [9.17, 15) is 4.39 Å². The van der Waals surface area contributed by atoms with E-state index in [1.165, 1.54) is 6.07 Å². The molecule has 0 saturated carbocycles. The molecule has 78 valence electrons. The topological polar surface area (TPSA) is 12.0 Å². The van der Waals surface area contributed by atoms with Gasteiger partial charge in [0, 0.05) is 0 Å². The van der Waals surface area contributed by atoms with E-state index >= 15 is 0 Å². The Morgan fingerprint density at radius 3 is 2.71 bits per heavy atom. The Balaban J connectivity index is 2.51. The van der Waals surface area contributed by atoms with Crippen LogP contribution in [-0.2, 0) is 0 Å². The van der Waals surface area contributed by atoms with Gasteiger partial charge in [-0.2, -0.15) is 0 Å². The molecule has 0 aliphatic rings. The van der Waals surface area contributed by atoms with Crippen LogP contribution in [0.4, 0.5) is 4.39 Å². The molecule has 1 atom stereocenters. The Bertz CT molecular complexity index is 273. The molecule has 1 aromatic rings. The molecule has 0 heterocycles. The molecule has 0 radical (unpaired) electrons. The zero-order chi connectivity index (χ0) is 10.4. The van der Waals surface area contributed by atoms with Gasteiger partial charge in [0.05, 0.1) is 0 Å². The SMILES string of the molecule is CCNCCC(C)c1ccccc1F. The molecule has 1 rings (SSSR count). The molecule has 0 fully saturated rings. The lowest BCUT2D eigenvalue weighted by Gasteiger charge is -2.12. The number of nitrogens with one attached hydrogen (secondary N) is 1. The first-order chi connectivity index (χ1) is 6.75. The molecule has 0 aromatic heterocycles. The zero-order valence-electron chi connectivity index (χ0n) is 8.89. The Hall–Kier alpha value is -0.890. The standard InChI is InChI=1S/C12H18FN/c1-3-14-9-8-10(2)11-6-4-5-7-12(11)13/h4-7,10,14H,3,8-9H2,1-2H3. The molecule has 0 aliphatic carbocycles. The molecule has 2 heteroatoms. The summed E-state index contributed by atoms with van der Waals surface area (Å²) < 4.78 is 13.3. The van der Waals surface area contributed by atoms with E-state index in [0.717, 1.165) is 25.1 Å². The first kappa shape index (κ1) is 11.2. The van der Waals surface area contributed by atoms with Gasteiger partial charge in [0.2, 0.25) is 0 Å². The minimum Gasteiger partial charge on any atom is -0.317 e. The van der Waals surface area contributed by atoms with Gasteiger partial charge in [-0.1, -0.05) is 32.0 Å². The maximum Gasteiger partial charge on any atom is 0.126 e. The summed E-state index contributed by atoms with van der Waals surface area (Å²) in [7, 11) is 0. The molecule has 1 aromatic carbocycles. The number of rotatable bonds is 5.